The normalized spacial score (nSPS) is 13.3. The maximum atomic E-state index is 14.1. The fourth-order valence-electron chi connectivity index (χ4n) is 4.54. The summed E-state index contributed by atoms with van der Waals surface area (Å²) >= 11 is 0. The van der Waals surface area contributed by atoms with E-state index in [-0.39, 0.29) is 24.6 Å². The molecule has 0 saturated carbocycles. The number of hydrogen-bond donors (Lipinski definition) is 1. The van der Waals surface area contributed by atoms with Gasteiger partial charge >= 0.3 is 0 Å². The number of hydrogen-bond acceptors (Lipinski definition) is 6. The monoisotopic (exact) mass is 565 g/mol. The van der Waals surface area contributed by atoms with E-state index in [1.807, 2.05) is 68.4 Å². The number of nitrogens with one attached hydrogen (secondary N) is 1. The van der Waals surface area contributed by atoms with Gasteiger partial charge in [0.05, 0.1) is 11.9 Å². The molecule has 0 aliphatic carbocycles. The summed E-state index contributed by atoms with van der Waals surface area (Å²) in [5, 5.41) is 2.85. The van der Waals surface area contributed by atoms with Crippen LogP contribution < -0.4 is 19.1 Å². The molecule has 3 aromatic carbocycles. The molecule has 2 amide bonds. The Balaban J connectivity index is 1.71. The largest absolute Gasteiger partial charge is 0.486 e. The van der Waals surface area contributed by atoms with E-state index in [0.717, 1.165) is 27.3 Å². The van der Waals surface area contributed by atoms with E-state index in [4.69, 9.17) is 9.47 Å². The fourth-order valence-corrected chi connectivity index (χ4v) is 5.38. The number of likely N-dealkylation sites (N-methyl/N-ethyl adjacent to an activating group) is 1. The van der Waals surface area contributed by atoms with Crippen molar-refractivity contribution in [3.63, 3.8) is 0 Å². The van der Waals surface area contributed by atoms with Gasteiger partial charge in [-0.3, -0.25) is 13.9 Å². The van der Waals surface area contributed by atoms with Crippen LogP contribution in [-0.2, 0) is 32.6 Å². The number of nitrogens with zero attached hydrogens (tertiary/aromatic N) is 2. The predicted molar refractivity (Wildman–Crippen MR) is 154 cm³/mol. The molecular weight excluding hydrogens is 530 g/mol. The summed E-state index contributed by atoms with van der Waals surface area (Å²) in [6.07, 6.45) is 1.32. The molecule has 0 spiro atoms. The van der Waals surface area contributed by atoms with Gasteiger partial charge in [-0.1, -0.05) is 60.2 Å². The minimum atomic E-state index is -3.88. The average Bonchev–Trinajstić information content (AvgIpc) is 2.94. The van der Waals surface area contributed by atoms with E-state index in [2.05, 4.69) is 5.32 Å². The molecule has 9 nitrogen and oxygen atoms in total. The number of anilines is 1. The van der Waals surface area contributed by atoms with Crippen LogP contribution >= 0.6 is 0 Å². The first-order chi connectivity index (χ1) is 19.2. The van der Waals surface area contributed by atoms with Crippen LogP contribution in [0.15, 0.2) is 72.8 Å². The third-order valence-corrected chi connectivity index (χ3v) is 7.73. The molecule has 0 bridgehead atoms. The highest BCUT2D eigenvalue weighted by molar-refractivity contribution is 7.92. The molecule has 0 unspecified atom stereocenters. The minimum absolute atomic E-state index is 0.131. The number of ether oxygens (including phenoxy) is 2. The fraction of sp³-hybridized carbons (Fsp3) is 0.333. The van der Waals surface area contributed by atoms with E-state index in [1.54, 1.807) is 18.2 Å². The van der Waals surface area contributed by atoms with Gasteiger partial charge in [-0.05, 0) is 37.1 Å². The summed E-state index contributed by atoms with van der Waals surface area (Å²) < 4.78 is 38.1. The first-order valence-corrected chi connectivity index (χ1v) is 15.0. The van der Waals surface area contributed by atoms with Crippen LogP contribution in [0.1, 0.15) is 23.6 Å². The van der Waals surface area contributed by atoms with Crippen LogP contribution in [0.5, 0.6) is 11.5 Å². The van der Waals surface area contributed by atoms with Gasteiger partial charge in [0, 0.05) is 25.6 Å². The summed E-state index contributed by atoms with van der Waals surface area (Å²) in [5.41, 5.74) is 3.04. The molecule has 1 N–H and O–H groups in total. The van der Waals surface area contributed by atoms with E-state index in [1.165, 1.54) is 4.90 Å². The van der Waals surface area contributed by atoms with Crippen molar-refractivity contribution in [1.29, 1.82) is 0 Å². The van der Waals surface area contributed by atoms with Gasteiger partial charge in [0.2, 0.25) is 21.8 Å². The molecule has 1 aliphatic rings. The Labute approximate surface area is 235 Å². The molecule has 0 fully saturated rings. The van der Waals surface area contributed by atoms with Gasteiger partial charge in [-0.15, -0.1) is 0 Å². The van der Waals surface area contributed by atoms with E-state index in [0.29, 0.717) is 31.3 Å². The number of fused-ring (bicyclic) bond motifs is 1. The second-order valence-electron chi connectivity index (χ2n) is 9.70. The van der Waals surface area contributed by atoms with E-state index < -0.39 is 28.5 Å². The van der Waals surface area contributed by atoms with Crippen LogP contribution in [0, 0.1) is 6.92 Å². The Hall–Kier alpha value is -4.05. The molecule has 1 atom stereocenters. The zero-order valence-electron chi connectivity index (χ0n) is 23.0. The van der Waals surface area contributed by atoms with Crippen molar-refractivity contribution in [2.75, 3.05) is 36.9 Å². The zero-order chi connectivity index (χ0) is 28.7. The lowest BCUT2D eigenvalue weighted by atomic mass is 10.0. The zero-order valence-corrected chi connectivity index (χ0v) is 23.8. The highest BCUT2D eigenvalue weighted by Gasteiger charge is 2.33. The molecule has 3 aromatic rings. The lowest BCUT2D eigenvalue weighted by Crippen LogP contribution is -2.53. The Morgan fingerprint density at radius 1 is 0.925 bits per heavy atom. The van der Waals surface area contributed by atoms with Crippen LogP contribution in [-0.4, -0.2) is 63.7 Å². The van der Waals surface area contributed by atoms with Gasteiger partial charge in [-0.2, -0.15) is 0 Å². The summed E-state index contributed by atoms with van der Waals surface area (Å²) in [5.74, 6) is 0.102. The Kier molecular flexibility index (Phi) is 9.31. The quantitative estimate of drug-likeness (QED) is 0.383. The van der Waals surface area contributed by atoms with Gasteiger partial charge in [-0.25, -0.2) is 8.42 Å². The SMILES string of the molecule is CCNC(=O)[C@@H](Cc1ccccc1)N(Cc1ccc(C)cc1)C(=O)CN(c1ccc2c(c1)OCCO2)S(C)(=O)=O. The van der Waals surface area contributed by atoms with Crippen molar-refractivity contribution in [3.05, 3.63) is 89.5 Å². The number of carbonyl (C=O) groups excluding carboxylic acids is 2. The first kappa shape index (κ1) is 28.9. The summed E-state index contributed by atoms with van der Waals surface area (Å²) in [6.45, 7) is 4.56. The first-order valence-electron chi connectivity index (χ1n) is 13.2. The van der Waals surface area contributed by atoms with Gasteiger partial charge in [0.15, 0.2) is 11.5 Å². The highest BCUT2D eigenvalue weighted by Crippen LogP contribution is 2.34. The van der Waals surface area contributed by atoms with E-state index in [9.17, 15) is 18.0 Å². The van der Waals surface area contributed by atoms with Crippen molar-refractivity contribution in [3.8, 4) is 11.5 Å². The lowest BCUT2D eigenvalue weighted by molar-refractivity contribution is -0.140. The molecule has 0 aromatic heterocycles. The highest BCUT2D eigenvalue weighted by atomic mass is 32.2. The number of sulfonamides is 1. The molecule has 0 radical (unpaired) electrons. The van der Waals surface area contributed by atoms with Crippen LogP contribution in [0.3, 0.4) is 0 Å². The summed E-state index contributed by atoms with van der Waals surface area (Å²) in [7, 11) is -3.88. The molecule has 212 valence electrons. The Bertz CT molecular complexity index is 1430. The lowest BCUT2D eigenvalue weighted by Gasteiger charge is -2.33. The number of benzene rings is 3. The predicted octanol–water partition coefficient (Wildman–Crippen LogP) is 3.31. The molecule has 1 heterocycles. The Morgan fingerprint density at radius 2 is 1.60 bits per heavy atom. The van der Waals surface area contributed by atoms with Crippen molar-refractivity contribution >= 4 is 27.5 Å². The van der Waals surface area contributed by atoms with Crippen molar-refractivity contribution in [1.82, 2.24) is 10.2 Å². The summed E-state index contributed by atoms with van der Waals surface area (Å²) in [4.78, 5) is 28.9. The van der Waals surface area contributed by atoms with Gasteiger partial charge in [0.1, 0.15) is 25.8 Å². The molecule has 10 heteroatoms. The second kappa shape index (κ2) is 12.9. The smallest absolute Gasteiger partial charge is 0.244 e. The van der Waals surface area contributed by atoms with Crippen LogP contribution in [0.2, 0.25) is 0 Å². The topological polar surface area (TPSA) is 105 Å². The number of aryl methyl sites for hydroxylation is 1. The third-order valence-electron chi connectivity index (χ3n) is 6.59. The van der Waals surface area contributed by atoms with Crippen molar-refractivity contribution in [2.45, 2.75) is 32.9 Å². The number of amides is 2. The third kappa shape index (κ3) is 7.32. The number of rotatable bonds is 11. The molecule has 4 rings (SSSR count). The maximum absolute atomic E-state index is 14.1. The van der Waals surface area contributed by atoms with Crippen molar-refractivity contribution in [2.24, 2.45) is 0 Å². The van der Waals surface area contributed by atoms with Crippen molar-refractivity contribution < 1.29 is 27.5 Å². The van der Waals surface area contributed by atoms with Crippen LogP contribution in [0.25, 0.3) is 0 Å². The Morgan fingerprint density at radius 3 is 2.25 bits per heavy atom. The number of carbonyl (C=O) groups is 2. The van der Waals surface area contributed by atoms with Crippen LogP contribution in [0.4, 0.5) is 5.69 Å². The van der Waals surface area contributed by atoms with Gasteiger partial charge < -0.3 is 19.7 Å². The molecule has 1 aliphatic heterocycles. The average molecular weight is 566 g/mol. The maximum Gasteiger partial charge on any atom is 0.244 e. The standard InChI is InChI=1S/C30H35N3O6S/c1-4-31-30(35)26(18-23-8-6-5-7-9-23)32(20-24-12-10-22(2)11-13-24)29(34)21-33(40(3,36)37)25-14-15-27-28(19-25)39-17-16-38-27/h5-15,19,26H,4,16-18,20-21H2,1-3H3,(H,31,35)/t26-/m1/s1. The molecular formula is C30H35N3O6S. The summed E-state index contributed by atoms with van der Waals surface area (Å²) in [6, 6.07) is 21.0. The minimum Gasteiger partial charge on any atom is -0.486 e. The van der Waals surface area contributed by atoms with E-state index >= 15 is 0 Å². The second-order valence-corrected chi connectivity index (χ2v) is 11.6. The molecule has 0 saturated heterocycles. The van der Waals surface area contributed by atoms with Gasteiger partial charge in [0.25, 0.3) is 0 Å². The molecule has 40 heavy (non-hydrogen) atoms.